The van der Waals surface area contributed by atoms with Gasteiger partial charge in [-0.3, -0.25) is 9.59 Å². The lowest BCUT2D eigenvalue weighted by Gasteiger charge is -2.39. The summed E-state index contributed by atoms with van der Waals surface area (Å²) in [5, 5.41) is 2.91. The maximum absolute atomic E-state index is 14.5. The Bertz CT molecular complexity index is 1670. The van der Waals surface area contributed by atoms with E-state index in [1.165, 1.54) is 24.3 Å². The Morgan fingerprint density at radius 2 is 1.83 bits per heavy atom. The number of esters is 1. The number of nitrogens with one attached hydrogen (secondary N) is 1. The second kappa shape index (κ2) is 11.4. The van der Waals surface area contributed by atoms with E-state index in [1.54, 1.807) is 30.9 Å². The van der Waals surface area contributed by atoms with Crippen LogP contribution in [0.1, 0.15) is 49.3 Å². The summed E-state index contributed by atoms with van der Waals surface area (Å²) in [5.41, 5.74) is 1.49. The zero-order chi connectivity index (χ0) is 30.4. The van der Waals surface area contributed by atoms with Crippen molar-refractivity contribution in [1.82, 2.24) is 4.90 Å². The van der Waals surface area contributed by atoms with Crippen LogP contribution in [0.25, 0.3) is 0 Å². The minimum absolute atomic E-state index is 0.0330. The van der Waals surface area contributed by atoms with E-state index >= 15 is 0 Å². The molecular formula is C29H34FN3O7S2. The summed E-state index contributed by atoms with van der Waals surface area (Å²) in [6.45, 7) is 3.61. The molecule has 0 radical (unpaired) electrons. The number of fused-ring (bicyclic) bond motifs is 3. The summed E-state index contributed by atoms with van der Waals surface area (Å²) in [6, 6.07) is 8.47. The van der Waals surface area contributed by atoms with Gasteiger partial charge in [0.2, 0.25) is 5.91 Å². The van der Waals surface area contributed by atoms with Crippen LogP contribution in [0.15, 0.2) is 45.7 Å². The Labute approximate surface area is 245 Å². The predicted molar refractivity (Wildman–Crippen MR) is 154 cm³/mol. The summed E-state index contributed by atoms with van der Waals surface area (Å²) in [5.74, 6) is -2.05. The fraction of sp³-hybridized carbons (Fsp3) is 0.483. The van der Waals surface area contributed by atoms with E-state index in [2.05, 4.69) is 9.71 Å². The van der Waals surface area contributed by atoms with E-state index in [0.29, 0.717) is 16.7 Å². The molecule has 1 aliphatic heterocycles. The third kappa shape index (κ3) is 6.22. The highest BCUT2D eigenvalue weighted by atomic mass is 32.2. The highest BCUT2D eigenvalue weighted by Crippen LogP contribution is 2.51. The number of nitrogens with zero attached hydrogens (tertiary/aromatic N) is 2. The summed E-state index contributed by atoms with van der Waals surface area (Å²) < 4.78 is 73.3. The summed E-state index contributed by atoms with van der Waals surface area (Å²) in [6.07, 6.45) is 3.13. The van der Waals surface area contributed by atoms with Gasteiger partial charge in [-0.1, -0.05) is 18.2 Å². The van der Waals surface area contributed by atoms with Crippen LogP contribution < -0.4 is 5.32 Å². The van der Waals surface area contributed by atoms with Crippen molar-refractivity contribution in [3.8, 4) is 0 Å². The number of sulfone groups is 1. The van der Waals surface area contributed by atoms with Crippen molar-refractivity contribution in [2.24, 2.45) is 22.2 Å². The molecule has 1 N–H and O–H groups in total. The molecule has 2 aromatic carbocycles. The molecule has 2 saturated carbocycles. The number of ether oxygens (including phenoxy) is 1. The fourth-order valence-electron chi connectivity index (χ4n) is 6.54. The quantitative estimate of drug-likeness (QED) is 0.420. The second-order valence-corrected chi connectivity index (χ2v) is 15.1. The molecule has 1 amide bonds. The standard InChI is InChI=1S/C29H34FN3O7S2/c1-4-40-29(35)27-20-8-9-21(13-20)28(27)33(15-18-6-5-17(2)22(30)11-18)26(34)14-25-31-23-10-7-19(16-41(3,36)37)12-24(23)42(38,39)32-25/h5-7,10-12,20-21,27-28H,4,8-9,13-16H2,1-3H3,(H,31,32)/t20-,21+,27?,28?/m0/s1. The number of anilines is 1. The van der Waals surface area contributed by atoms with E-state index in [9.17, 15) is 30.8 Å². The van der Waals surface area contributed by atoms with Gasteiger partial charge in [-0.05, 0) is 79.8 Å². The van der Waals surface area contributed by atoms with Crippen LogP contribution in [0.3, 0.4) is 0 Å². The molecule has 2 aliphatic carbocycles. The van der Waals surface area contributed by atoms with Crippen molar-refractivity contribution < 1.29 is 35.6 Å². The molecule has 42 heavy (non-hydrogen) atoms. The molecule has 4 atom stereocenters. The first-order valence-corrected chi connectivity index (χ1v) is 17.4. The molecule has 5 rings (SSSR count). The Hall–Kier alpha value is -3.32. The molecule has 10 nitrogen and oxygen atoms in total. The normalized spacial score (nSPS) is 24.0. The van der Waals surface area contributed by atoms with Gasteiger partial charge in [-0.15, -0.1) is 4.40 Å². The van der Waals surface area contributed by atoms with E-state index < -0.39 is 50.0 Å². The number of benzene rings is 2. The van der Waals surface area contributed by atoms with Crippen LogP contribution in [-0.2, 0) is 46.5 Å². The lowest BCUT2D eigenvalue weighted by atomic mass is 9.83. The molecule has 0 saturated heterocycles. The Morgan fingerprint density at radius 1 is 1.12 bits per heavy atom. The van der Waals surface area contributed by atoms with Crippen molar-refractivity contribution in [3.63, 3.8) is 0 Å². The van der Waals surface area contributed by atoms with Gasteiger partial charge in [0.15, 0.2) is 9.84 Å². The first kappa shape index (κ1) is 30.1. The van der Waals surface area contributed by atoms with E-state index in [0.717, 1.165) is 25.5 Å². The molecule has 2 unspecified atom stereocenters. The van der Waals surface area contributed by atoms with Gasteiger partial charge in [0, 0.05) is 18.8 Å². The number of carbonyl (C=O) groups excluding carboxylic acids is 2. The minimum Gasteiger partial charge on any atom is -0.466 e. The maximum Gasteiger partial charge on any atom is 0.311 e. The van der Waals surface area contributed by atoms with Gasteiger partial charge in [-0.25, -0.2) is 12.8 Å². The second-order valence-electron chi connectivity index (χ2n) is 11.4. The first-order valence-electron chi connectivity index (χ1n) is 13.9. The smallest absolute Gasteiger partial charge is 0.311 e. The van der Waals surface area contributed by atoms with E-state index in [4.69, 9.17) is 4.74 Å². The molecule has 2 bridgehead atoms. The zero-order valence-corrected chi connectivity index (χ0v) is 25.3. The number of hydrogen-bond acceptors (Lipinski definition) is 8. The van der Waals surface area contributed by atoms with Crippen molar-refractivity contribution >= 4 is 43.3 Å². The van der Waals surface area contributed by atoms with Crippen molar-refractivity contribution in [2.75, 3.05) is 18.2 Å². The number of aryl methyl sites for hydroxylation is 1. The highest BCUT2D eigenvalue weighted by molar-refractivity contribution is 7.90. The highest BCUT2D eigenvalue weighted by Gasteiger charge is 2.54. The monoisotopic (exact) mass is 619 g/mol. The summed E-state index contributed by atoms with van der Waals surface area (Å²) >= 11 is 0. The van der Waals surface area contributed by atoms with Crippen LogP contribution >= 0.6 is 0 Å². The van der Waals surface area contributed by atoms with Gasteiger partial charge in [0.05, 0.1) is 30.4 Å². The number of rotatable bonds is 9. The summed E-state index contributed by atoms with van der Waals surface area (Å²) in [4.78, 5) is 28.5. The predicted octanol–water partition coefficient (Wildman–Crippen LogP) is 3.59. The van der Waals surface area contributed by atoms with Crippen LogP contribution in [0.2, 0.25) is 0 Å². The third-order valence-electron chi connectivity index (χ3n) is 8.28. The SMILES string of the molecule is CCOC(=O)C1C(N(Cc2ccc(C)c(F)c2)C(=O)CC2=NS(=O)(=O)c3cc(CS(C)(=O)=O)ccc3N2)[C@@H]2CC[C@H]1C2. The number of amides is 1. The lowest BCUT2D eigenvalue weighted by molar-refractivity contribution is -0.154. The topological polar surface area (TPSA) is 139 Å². The minimum atomic E-state index is -4.23. The van der Waals surface area contributed by atoms with Crippen molar-refractivity contribution in [1.29, 1.82) is 0 Å². The number of halogens is 1. The van der Waals surface area contributed by atoms with Gasteiger partial charge in [0.25, 0.3) is 10.0 Å². The largest absolute Gasteiger partial charge is 0.466 e. The molecule has 3 aliphatic rings. The van der Waals surface area contributed by atoms with Crippen LogP contribution in [0.4, 0.5) is 10.1 Å². The average Bonchev–Trinajstić information content (AvgIpc) is 3.51. The molecule has 13 heteroatoms. The molecule has 2 fully saturated rings. The Balaban J connectivity index is 1.45. The third-order valence-corrected chi connectivity index (χ3v) is 10.5. The summed E-state index contributed by atoms with van der Waals surface area (Å²) in [7, 11) is -7.62. The van der Waals surface area contributed by atoms with E-state index in [-0.39, 0.29) is 53.1 Å². The fourth-order valence-corrected chi connectivity index (χ4v) is 8.52. The maximum atomic E-state index is 14.5. The van der Waals surface area contributed by atoms with Gasteiger partial charge < -0.3 is 15.0 Å². The Kier molecular flexibility index (Phi) is 8.18. The van der Waals surface area contributed by atoms with Gasteiger partial charge >= 0.3 is 5.97 Å². The molecule has 2 aromatic rings. The number of carbonyl (C=O) groups is 2. The lowest BCUT2D eigenvalue weighted by Crippen LogP contribution is -2.50. The molecular weight excluding hydrogens is 585 g/mol. The number of sulfonamides is 1. The van der Waals surface area contributed by atoms with Crippen LogP contribution in [0.5, 0.6) is 0 Å². The number of hydrogen-bond donors (Lipinski definition) is 1. The van der Waals surface area contributed by atoms with Crippen LogP contribution in [-0.4, -0.2) is 58.4 Å². The first-order chi connectivity index (χ1) is 19.8. The van der Waals surface area contributed by atoms with Gasteiger partial charge in [0.1, 0.15) is 16.5 Å². The Morgan fingerprint density at radius 3 is 2.52 bits per heavy atom. The van der Waals surface area contributed by atoms with Crippen molar-refractivity contribution in [3.05, 3.63) is 58.9 Å². The molecule has 0 aromatic heterocycles. The molecule has 1 heterocycles. The van der Waals surface area contributed by atoms with Gasteiger partial charge in [-0.2, -0.15) is 8.42 Å². The zero-order valence-electron chi connectivity index (χ0n) is 23.7. The van der Waals surface area contributed by atoms with E-state index in [1.807, 2.05) is 0 Å². The molecule has 0 spiro atoms. The van der Waals surface area contributed by atoms with Crippen LogP contribution in [0, 0.1) is 30.5 Å². The molecule has 226 valence electrons. The number of amidine groups is 1. The average molecular weight is 620 g/mol. The van der Waals surface area contributed by atoms with Crippen molar-refractivity contribution in [2.45, 2.75) is 62.8 Å².